The number of fused-ring (bicyclic) bond motifs is 1. The fourth-order valence-electron chi connectivity index (χ4n) is 3.54. The summed E-state index contributed by atoms with van der Waals surface area (Å²) < 4.78 is 7.09. The number of carbonyl (C=O) groups is 2. The van der Waals surface area contributed by atoms with Gasteiger partial charge < -0.3 is 20.3 Å². The van der Waals surface area contributed by atoms with E-state index in [4.69, 9.17) is 4.74 Å². The number of urea groups is 1. The predicted molar refractivity (Wildman–Crippen MR) is 113 cm³/mol. The highest BCUT2D eigenvalue weighted by molar-refractivity contribution is 5.94. The predicted octanol–water partition coefficient (Wildman–Crippen LogP) is 2.05. The van der Waals surface area contributed by atoms with Crippen LogP contribution in [0.25, 0.3) is 10.9 Å². The lowest BCUT2D eigenvalue weighted by atomic mass is 10.1. The number of nitrogens with zero attached hydrogens (tertiary/aromatic N) is 3. The fraction of sp³-hybridized carbons (Fsp3) is 0.318. The van der Waals surface area contributed by atoms with E-state index >= 15 is 0 Å². The summed E-state index contributed by atoms with van der Waals surface area (Å²) in [6, 6.07) is 15.0. The van der Waals surface area contributed by atoms with E-state index < -0.39 is 0 Å². The third kappa shape index (κ3) is 4.44. The molecule has 8 heteroatoms. The average Bonchev–Trinajstić information content (AvgIpc) is 3.12. The number of carbonyl (C=O) groups excluding carboxylic acids is 2. The second-order valence-electron chi connectivity index (χ2n) is 7.23. The Labute approximate surface area is 174 Å². The molecule has 0 bridgehead atoms. The molecule has 4 rings (SSSR count). The Bertz CT molecular complexity index is 1040. The molecule has 3 amide bonds. The molecule has 1 aliphatic heterocycles. The number of hydrogen-bond acceptors (Lipinski definition) is 4. The van der Waals surface area contributed by atoms with Gasteiger partial charge in [-0.05, 0) is 23.8 Å². The van der Waals surface area contributed by atoms with Crippen LogP contribution in [0.4, 0.5) is 4.79 Å². The smallest absolute Gasteiger partial charge is 0.315 e. The van der Waals surface area contributed by atoms with Crippen LogP contribution >= 0.6 is 0 Å². The zero-order valence-electron chi connectivity index (χ0n) is 16.9. The van der Waals surface area contributed by atoms with Crippen molar-refractivity contribution in [2.75, 3.05) is 26.3 Å². The topological polar surface area (TPSA) is 88.5 Å². The Balaban J connectivity index is 1.28. The number of benzene rings is 2. The van der Waals surface area contributed by atoms with Crippen molar-refractivity contribution in [3.05, 3.63) is 65.4 Å². The number of amides is 3. The van der Waals surface area contributed by atoms with Crippen molar-refractivity contribution < 1.29 is 14.3 Å². The van der Waals surface area contributed by atoms with Crippen LogP contribution in [0, 0.1) is 0 Å². The van der Waals surface area contributed by atoms with Crippen molar-refractivity contribution in [1.82, 2.24) is 25.3 Å². The Morgan fingerprint density at radius 1 is 1.00 bits per heavy atom. The third-order valence-electron chi connectivity index (χ3n) is 5.20. The monoisotopic (exact) mass is 407 g/mol. The van der Waals surface area contributed by atoms with Crippen LogP contribution in [0.5, 0.6) is 0 Å². The summed E-state index contributed by atoms with van der Waals surface area (Å²) >= 11 is 0. The van der Waals surface area contributed by atoms with Crippen LogP contribution in [0.3, 0.4) is 0 Å². The van der Waals surface area contributed by atoms with Crippen LogP contribution in [-0.4, -0.2) is 52.9 Å². The van der Waals surface area contributed by atoms with Crippen LogP contribution in [0.2, 0.25) is 0 Å². The number of morpholine rings is 1. The number of aromatic nitrogens is 2. The maximum atomic E-state index is 12.5. The molecule has 0 spiro atoms. The normalized spacial score (nSPS) is 14.0. The molecule has 1 fully saturated rings. The lowest BCUT2D eigenvalue weighted by Gasteiger charge is -2.26. The summed E-state index contributed by atoms with van der Waals surface area (Å²) in [5.41, 5.74) is 3.43. The fourth-order valence-corrected chi connectivity index (χ4v) is 3.54. The summed E-state index contributed by atoms with van der Waals surface area (Å²) in [6.45, 7) is 3.12. The standard InChI is InChI=1S/C22H25N5O3/c1-26-20-5-3-2-4-18(20)19(25-26)15-24-22(29)23-14-16-6-8-17(9-7-16)21(28)27-10-12-30-13-11-27/h2-9H,10-15H2,1H3,(H2,23,24,29). The van der Waals surface area contributed by atoms with Gasteiger partial charge >= 0.3 is 6.03 Å². The molecule has 1 saturated heterocycles. The van der Waals surface area contributed by atoms with Crippen LogP contribution < -0.4 is 10.6 Å². The number of ether oxygens (including phenoxy) is 1. The van der Waals surface area contributed by atoms with E-state index in [2.05, 4.69) is 15.7 Å². The molecule has 1 aliphatic rings. The van der Waals surface area contributed by atoms with E-state index in [1.807, 2.05) is 48.1 Å². The molecule has 1 aromatic heterocycles. The first-order valence-corrected chi connectivity index (χ1v) is 10.00. The molecule has 2 heterocycles. The minimum absolute atomic E-state index is 0.0122. The first kappa shape index (κ1) is 19.9. The number of hydrogen-bond donors (Lipinski definition) is 2. The molecule has 2 N–H and O–H groups in total. The molecule has 0 atom stereocenters. The lowest BCUT2D eigenvalue weighted by Crippen LogP contribution is -2.40. The quantitative estimate of drug-likeness (QED) is 0.678. The summed E-state index contributed by atoms with van der Waals surface area (Å²) in [5, 5.41) is 11.2. The van der Waals surface area contributed by atoms with E-state index in [9.17, 15) is 9.59 Å². The van der Waals surface area contributed by atoms with E-state index in [0.717, 1.165) is 22.2 Å². The van der Waals surface area contributed by atoms with Crippen LogP contribution in [0.15, 0.2) is 48.5 Å². The van der Waals surface area contributed by atoms with Gasteiger partial charge in [-0.3, -0.25) is 9.48 Å². The van der Waals surface area contributed by atoms with Gasteiger partial charge in [0.05, 0.1) is 31.0 Å². The minimum atomic E-state index is -0.266. The van der Waals surface area contributed by atoms with Crippen molar-refractivity contribution in [3.8, 4) is 0 Å². The molecule has 3 aromatic rings. The molecule has 0 radical (unpaired) electrons. The summed E-state index contributed by atoms with van der Waals surface area (Å²) in [4.78, 5) is 26.5. The largest absolute Gasteiger partial charge is 0.378 e. The minimum Gasteiger partial charge on any atom is -0.378 e. The zero-order valence-corrected chi connectivity index (χ0v) is 16.9. The van der Waals surface area contributed by atoms with Gasteiger partial charge in [0.25, 0.3) is 5.91 Å². The van der Waals surface area contributed by atoms with E-state index in [1.54, 1.807) is 17.0 Å². The summed E-state index contributed by atoms with van der Waals surface area (Å²) in [6.07, 6.45) is 0. The molecule has 8 nitrogen and oxygen atoms in total. The van der Waals surface area contributed by atoms with Gasteiger partial charge in [-0.2, -0.15) is 5.10 Å². The molecule has 0 unspecified atom stereocenters. The van der Waals surface area contributed by atoms with Crippen molar-refractivity contribution in [2.24, 2.45) is 7.05 Å². The van der Waals surface area contributed by atoms with Gasteiger partial charge in [0, 0.05) is 37.6 Å². The number of para-hydroxylation sites is 1. The molecule has 2 aromatic carbocycles. The third-order valence-corrected chi connectivity index (χ3v) is 5.20. The highest BCUT2D eigenvalue weighted by Gasteiger charge is 2.18. The van der Waals surface area contributed by atoms with Crippen LogP contribution in [-0.2, 0) is 24.9 Å². The van der Waals surface area contributed by atoms with Gasteiger partial charge in [0.2, 0.25) is 0 Å². The summed E-state index contributed by atoms with van der Waals surface area (Å²) in [7, 11) is 1.89. The van der Waals surface area contributed by atoms with Crippen molar-refractivity contribution in [3.63, 3.8) is 0 Å². The Morgan fingerprint density at radius 2 is 1.70 bits per heavy atom. The first-order valence-electron chi connectivity index (χ1n) is 10.00. The molecule has 0 saturated carbocycles. The highest BCUT2D eigenvalue weighted by atomic mass is 16.5. The molecule has 30 heavy (non-hydrogen) atoms. The molecular formula is C22H25N5O3. The van der Waals surface area contributed by atoms with E-state index in [-0.39, 0.29) is 11.9 Å². The first-order chi connectivity index (χ1) is 14.6. The second-order valence-corrected chi connectivity index (χ2v) is 7.23. The van der Waals surface area contributed by atoms with Gasteiger partial charge in [0.15, 0.2) is 0 Å². The van der Waals surface area contributed by atoms with E-state index in [1.165, 1.54) is 0 Å². The van der Waals surface area contributed by atoms with Crippen molar-refractivity contribution in [2.45, 2.75) is 13.1 Å². The van der Waals surface area contributed by atoms with Crippen LogP contribution in [0.1, 0.15) is 21.6 Å². The lowest BCUT2D eigenvalue weighted by molar-refractivity contribution is 0.0303. The summed E-state index contributed by atoms with van der Waals surface area (Å²) in [5.74, 6) is 0.0122. The molecule has 0 aliphatic carbocycles. The number of aryl methyl sites for hydroxylation is 1. The number of rotatable bonds is 5. The molecular weight excluding hydrogens is 382 g/mol. The van der Waals surface area contributed by atoms with Crippen molar-refractivity contribution in [1.29, 1.82) is 0 Å². The van der Waals surface area contributed by atoms with E-state index in [0.29, 0.717) is 45.0 Å². The SMILES string of the molecule is Cn1nc(CNC(=O)NCc2ccc(C(=O)N3CCOCC3)cc2)c2ccccc21. The van der Waals surface area contributed by atoms with Gasteiger partial charge in [-0.15, -0.1) is 0 Å². The average molecular weight is 407 g/mol. The van der Waals surface area contributed by atoms with Gasteiger partial charge in [0.1, 0.15) is 0 Å². The van der Waals surface area contributed by atoms with Crippen molar-refractivity contribution >= 4 is 22.8 Å². The molecule has 156 valence electrons. The Kier molecular flexibility index (Phi) is 5.94. The number of nitrogens with one attached hydrogen (secondary N) is 2. The van der Waals surface area contributed by atoms with Gasteiger partial charge in [-0.25, -0.2) is 4.79 Å². The second kappa shape index (κ2) is 8.96. The maximum Gasteiger partial charge on any atom is 0.315 e. The Hall–Kier alpha value is -3.39. The Morgan fingerprint density at radius 3 is 2.47 bits per heavy atom. The zero-order chi connectivity index (χ0) is 20.9. The highest BCUT2D eigenvalue weighted by Crippen LogP contribution is 2.17. The van der Waals surface area contributed by atoms with Gasteiger partial charge in [-0.1, -0.05) is 30.3 Å². The maximum absolute atomic E-state index is 12.5.